The number of rotatable bonds is 6. The minimum absolute atomic E-state index is 0.0153. The number of hydrogen-bond donors (Lipinski definition) is 0. The maximum absolute atomic E-state index is 13.1. The molecule has 1 aliphatic heterocycles. The van der Waals surface area contributed by atoms with Crippen molar-refractivity contribution in [3.05, 3.63) is 34.9 Å². The number of amides is 1. The van der Waals surface area contributed by atoms with Gasteiger partial charge in [-0.1, -0.05) is 30.7 Å². The van der Waals surface area contributed by atoms with Crippen molar-refractivity contribution in [2.24, 2.45) is 0 Å². The third kappa shape index (κ3) is 5.31. The molecule has 1 aromatic rings. The van der Waals surface area contributed by atoms with E-state index in [0.717, 1.165) is 5.56 Å². The lowest BCUT2D eigenvalue weighted by molar-refractivity contribution is -0.163. The number of halogens is 1. The Balaban J connectivity index is 2.37. The quantitative estimate of drug-likeness (QED) is 0.714. The van der Waals surface area contributed by atoms with Gasteiger partial charge in [-0.15, -0.1) is 0 Å². The third-order valence-electron chi connectivity index (χ3n) is 4.74. The summed E-state index contributed by atoms with van der Waals surface area (Å²) in [5.74, 6) is 0.190. The van der Waals surface area contributed by atoms with Gasteiger partial charge in [-0.05, 0) is 44.9 Å². The lowest BCUT2D eigenvalue weighted by atomic mass is 9.99. The van der Waals surface area contributed by atoms with E-state index >= 15 is 0 Å². The first-order valence-electron chi connectivity index (χ1n) is 9.13. The third-order valence-corrected chi connectivity index (χ3v) is 7.05. The molecule has 0 aliphatic carbocycles. The second-order valence-electron chi connectivity index (χ2n) is 7.68. The molecule has 148 valence electrons. The van der Waals surface area contributed by atoms with Gasteiger partial charge in [0.1, 0.15) is 6.10 Å². The van der Waals surface area contributed by atoms with Crippen molar-refractivity contribution >= 4 is 28.3 Å². The van der Waals surface area contributed by atoms with Crippen molar-refractivity contribution in [1.82, 2.24) is 4.90 Å². The molecule has 4 atom stereocenters. The zero-order chi connectivity index (χ0) is 20.2. The first-order chi connectivity index (χ1) is 12.7. The molecular weight excluding hydrogens is 384 g/mol. The smallest absolute Gasteiger partial charge is 0.253 e. The zero-order valence-corrected chi connectivity index (χ0v) is 17.8. The Labute approximate surface area is 169 Å². The van der Waals surface area contributed by atoms with E-state index in [1.54, 1.807) is 17.0 Å². The Hall–Kier alpha value is -1.42. The first-order valence-corrected chi connectivity index (χ1v) is 10.8. The molecule has 0 bridgehead atoms. The summed E-state index contributed by atoms with van der Waals surface area (Å²) in [4.78, 5) is 14.9. The number of carbonyl (C=O) groups excluding carboxylic acids is 1. The predicted octanol–water partition coefficient (Wildman–Crippen LogP) is 3.85. The van der Waals surface area contributed by atoms with Crippen molar-refractivity contribution in [3.63, 3.8) is 0 Å². The number of nitriles is 1. The lowest BCUT2D eigenvalue weighted by Gasteiger charge is -2.44. The van der Waals surface area contributed by atoms with Crippen molar-refractivity contribution in [3.8, 4) is 6.07 Å². The summed E-state index contributed by atoms with van der Waals surface area (Å²) in [5, 5.41) is 9.64. The van der Waals surface area contributed by atoms with Gasteiger partial charge in [0, 0.05) is 32.4 Å². The Kier molecular flexibility index (Phi) is 7.44. The first kappa shape index (κ1) is 21.9. The van der Waals surface area contributed by atoms with Crippen LogP contribution in [-0.2, 0) is 20.3 Å². The zero-order valence-electron chi connectivity index (χ0n) is 16.3. The largest absolute Gasteiger partial charge is 0.365 e. The van der Waals surface area contributed by atoms with Crippen LogP contribution in [0.3, 0.4) is 0 Å². The van der Waals surface area contributed by atoms with Crippen LogP contribution >= 0.6 is 11.6 Å². The SMILES string of the molecule is CCC(CS(=O)C(C)(C)C)N1C(=O)C(CC#N)OCC1c1ccc(Cl)cc1. The molecule has 0 radical (unpaired) electrons. The van der Waals surface area contributed by atoms with E-state index < -0.39 is 16.9 Å². The standard InChI is InChI=1S/C20H27ClN2O3S/c1-5-16(13-27(25)20(2,3)4)23-17(14-6-8-15(21)9-7-14)12-26-18(10-11-22)19(23)24/h6-9,16-18H,5,10,12-13H2,1-4H3. The van der Waals surface area contributed by atoms with Crippen LogP contribution in [0.25, 0.3) is 0 Å². The van der Waals surface area contributed by atoms with E-state index in [4.69, 9.17) is 21.6 Å². The Bertz CT molecular complexity index is 724. The van der Waals surface area contributed by atoms with Gasteiger partial charge < -0.3 is 9.64 Å². The van der Waals surface area contributed by atoms with Crippen LogP contribution in [0.5, 0.6) is 0 Å². The van der Waals surface area contributed by atoms with E-state index in [2.05, 4.69) is 0 Å². The Morgan fingerprint density at radius 3 is 2.52 bits per heavy atom. The maximum atomic E-state index is 13.1. The van der Waals surface area contributed by atoms with Gasteiger partial charge in [0.25, 0.3) is 5.91 Å². The molecule has 1 saturated heterocycles. The summed E-state index contributed by atoms with van der Waals surface area (Å²) in [5.41, 5.74) is 0.920. The molecule has 1 heterocycles. The van der Waals surface area contributed by atoms with Gasteiger partial charge in [0.05, 0.1) is 25.1 Å². The Morgan fingerprint density at radius 2 is 2.00 bits per heavy atom. The van der Waals surface area contributed by atoms with Crippen LogP contribution in [0.15, 0.2) is 24.3 Å². The van der Waals surface area contributed by atoms with Gasteiger partial charge in [-0.25, -0.2) is 0 Å². The highest BCUT2D eigenvalue weighted by atomic mass is 35.5. The Morgan fingerprint density at radius 1 is 1.37 bits per heavy atom. The predicted molar refractivity (Wildman–Crippen MR) is 108 cm³/mol. The van der Waals surface area contributed by atoms with Gasteiger partial charge in [-0.3, -0.25) is 9.00 Å². The van der Waals surface area contributed by atoms with Crippen LogP contribution in [0.4, 0.5) is 0 Å². The van der Waals surface area contributed by atoms with E-state index in [1.807, 2.05) is 45.9 Å². The molecule has 5 nitrogen and oxygen atoms in total. The highest BCUT2D eigenvalue weighted by Crippen LogP contribution is 2.32. The molecule has 1 amide bonds. The summed E-state index contributed by atoms with van der Waals surface area (Å²) < 4.78 is 18.1. The number of carbonyl (C=O) groups is 1. The van der Waals surface area contributed by atoms with Crippen LogP contribution in [0, 0.1) is 11.3 Å². The number of hydrogen-bond acceptors (Lipinski definition) is 4. The molecule has 2 rings (SSSR count). The molecule has 7 heteroatoms. The molecule has 1 aromatic carbocycles. The molecular formula is C20H27ClN2O3S. The minimum atomic E-state index is -1.09. The highest BCUT2D eigenvalue weighted by Gasteiger charge is 2.41. The average molecular weight is 411 g/mol. The molecule has 0 N–H and O–H groups in total. The summed E-state index contributed by atoms with van der Waals surface area (Å²) in [6.07, 6.45) is -0.0750. The second-order valence-corrected chi connectivity index (χ2v) is 10.4. The van der Waals surface area contributed by atoms with Crippen LogP contribution in [0.1, 0.15) is 52.1 Å². The summed E-state index contributed by atoms with van der Waals surface area (Å²) >= 11 is 6.00. The lowest BCUT2D eigenvalue weighted by Crippen LogP contribution is -2.55. The molecule has 1 fully saturated rings. The normalized spacial score (nSPS) is 23.0. The van der Waals surface area contributed by atoms with Crippen LogP contribution in [-0.4, -0.2) is 44.3 Å². The van der Waals surface area contributed by atoms with Crippen molar-refractivity contribution in [1.29, 1.82) is 5.26 Å². The fourth-order valence-electron chi connectivity index (χ4n) is 3.10. The molecule has 1 aliphatic rings. The van der Waals surface area contributed by atoms with Gasteiger partial charge in [-0.2, -0.15) is 5.26 Å². The van der Waals surface area contributed by atoms with E-state index in [0.29, 0.717) is 23.8 Å². The minimum Gasteiger partial charge on any atom is -0.365 e. The topological polar surface area (TPSA) is 70.4 Å². The van der Waals surface area contributed by atoms with Crippen molar-refractivity contribution in [2.75, 3.05) is 12.4 Å². The van der Waals surface area contributed by atoms with E-state index in [-0.39, 0.29) is 29.2 Å². The number of benzene rings is 1. The maximum Gasteiger partial charge on any atom is 0.253 e. The summed E-state index contributed by atoms with van der Waals surface area (Å²) in [6.45, 7) is 8.11. The van der Waals surface area contributed by atoms with E-state index in [9.17, 15) is 9.00 Å². The van der Waals surface area contributed by atoms with Crippen molar-refractivity contribution < 1.29 is 13.7 Å². The number of nitrogens with zero attached hydrogens (tertiary/aromatic N) is 2. The van der Waals surface area contributed by atoms with Crippen LogP contribution < -0.4 is 0 Å². The number of ether oxygens (including phenoxy) is 1. The molecule has 0 aromatic heterocycles. The van der Waals surface area contributed by atoms with Gasteiger partial charge in [0.15, 0.2) is 0 Å². The van der Waals surface area contributed by atoms with Gasteiger partial charge in [0.2, 0.25) is 0 Å². The molecule has 27 heavy (non-hydrogen) atoms. The summed E-state index contributed by atoms with van der Waals surface area (Å²) in [7, 11) is -1.09. The van der Waals surface area contributed by atoms with Crippen molar-refractivity contribution in [2.45, 2.75) is 63.5 Å². The summed E-state index contributed by atoms with van der Waals surface area (Å²) in [6, 6.07) is 8.89. The second kappa shape index (κ2) is 9.18. The number of morpholine rings is 1. The monoisotopic (exact) mass is 410 g/mol. The fourth-order valence-corrected chi connectivity index (χ4v) is 4.48. The average Bonchev–Trinajstić information content (AvgIpc) is 2.61. The van der Waals surface area contributed by atoms with Crippen LogP contribution in [0.2, 0.25) is 5.02 Å². The van der Waals surface area contributed by atoms with Gasteiger partial charge >= 0.3 is 0 Å². The van der Waals surface area contributed by atoms with E-state index in [1.165, 1.54) is 0 Å². The fraction of sp³-hybridized carbons (Fsp3) is 0.600. The molecule has 0 spiro atoms. The molecule has 0 saturated carbocycles. The molecule has 4 unspecified atom stereocenters. The highest BCUT2D eigenvalue weighted by molar-refractivity contribution is 7.86.